The SMILES string of the molecule is O=C(OCC(F)(F)F)/C(F)=C\OC(=O)C1CC1. The first-order chi connectivity index (χ1) is 7.79. The minimum Gasteiger partial charge on any atom is -0.451 e. The number of rotatable bonds is 4. The third-order valence-electron chi connectivity index (χ3n) is 1.75. The highest BCUT2D eigenvalue weighted by Gasteiger charge is 2.32. The Morgan fingerprint density at radius 3 is 2.35 bits per heavy atom. The zero-order chi connectivity index (χ0) is 13.1. The van der Waals surface area contributed by atoms with E-state index < -0.39 is 30.5 Å². The zero-order valence-electron chi connectivity index (χ0n) is 8.42. The molecule has 1 fully saturated rings. The predicted molar refractivity (Wildman–Crippen MR) is 45.0 cm³/mol. The van der Waals surface area contributed by atoms with Crippen LogP contribution in [0.3, 0.4) is 0 Å². The Hall–Kier alpha value is -1.60. The van der Waals surface area contributed by atoms with E-state index in [1.165, 1.54) is 0 Å². The second-order valence-electron chi connectivity index (χ2n) is 3.37. The summed E-state index contributed by atoms with van der Waals surface area (Å²) in [5, 5.41) is 0. The number of hydrogen-bond acceptors (Lipinski definition) is 4. The number of halogens is 4. The molecule has 17 heavy (non-hydrogen) atoms. The van der Waals surface area contributed by atoms with E-state index in [9.17, 15) is 27.2 Å². The highest BCUT2D eigenvalue weighted by molar-refractivity contribution is 5.86. The fraction of sp³-hybridized carbons (Fsp3) is 0.556. The van der Waals surface area contributed by atoms with Crippen molar-refractivity contribution in [3.05, 3.63) is 12.1 Å². The van der Waals surface area contributed by atoms with Crippen LogP contribution >= 0.6 is 0 Å². The molecule has 4 nitrogen and oxygen atoms in total. The molecule has 0 heterocycles. The van der Waals surface area contributed by atoms with Gasteiger partial charge in [-0.1, -0.05) is 0 Å². The fourth-order valence-electron chi connectivity index (χ4n) is 0.790. The van der Waals surface area contributed by atoms with E-state index >= 15 is 0 Å². The summed E-state index contributed by atoms with van der Waals surface area (Å²) >= 11 is 0. The number of carbonyl (C=O) groups excluding carboxylic acids is 2. The van der Waals surface area contributed by atoms with Crippen molar-refractivity contribution < 1.29 is 36.6 Å². The molecule has 1 rings (SSSR count). The highest BCUT2D eigenvalue weighted by atomic mass is 19.4. The molecule has 0 bridgehead atoms. The zero-order valence-corrected chi connectivity index (χ0v) is 8.42. The van der Waals surface area contributed by atoms with Gasteiger partial charge in [0.05, 0.1) is 5.92 Å². The summed E-state index contributed by atoms with van der Waals surface area (Å²) in [5.74, 6) is -4.55. The largest absolute Gasteiger partial charge is 0.451 e. The van der Waals surface area contributed by atoms with Crippen LogP contribution in [0.2, 0.25) is 0 Å². The Bertz CT molecular complexity index is 343. The molecule has 96 valence electrons. The van der Waals surface area contributed by atoms with E-state index in [0.717, 1.165) is 0 Å². The van der Waals surface area contributed by atoms with Crippen LogP contribution in [-0.2, 0) is 19.1 Å². The van der Waals surface area contributed by atoms with Gasteiger partial charge in [0.1, 0.15) is 6.26 Å². The molecule has 0 aromatic heterocycles. The predicted octanol–water partition coefficient (Wildman–Crippen LogP) is 1.86. The standard InChI is InChI=1S/C9H8F4O4/c10-6(3-16-7(14)5-1-2-5)8(15)17-4-9(11,12)13/h3,5H,1-2,4H2/b6-3+. The molecule has 0 spiro atoms. The van der Waals surface area contributed by atoms with Crippen LogP contribution in [0, 0.1) is 5.92 Å². The molecular weight excluding hydrogens is 248 g/mol. The summed E-state index contributed by atoms with van der Waals surface area (Å²) < 4.78 is 55.4. The summed E-state index contributed by atoms with van der Waals surface area (Å²) in [5.41, 5.74) is 0. The first-order valence-electron chi connectivity index (χ1n) is 4.59. The van der Waals surface area contributed by atoms with Gasteiger partial charge in [-0.05, 0) is 12.8 Å². The van der Waals surface area contributed by atoms with Crippen LogP contribution in [0.25, 0.3) is 0 Å². The highest BCUT2D eigenvalue weighted by Crippen LogP contribution is 2.30. The lowest BCUT2D eigenvalue weighted by Crippen LogP contribution is -2.20. The van der Waals surface area contributed by atoms with Crippen molar-refractivity contribution in [2.45, 2.75) is 19.0 Å². The molecule has 0 aliphatic heterocycles. The van der Waals surface area contributed by atoms with Crippen molar-refractivity contribution >= 4 is 11.9 Å². The van der Waals surface area contributed by atoms with Gasteiger partial charge in [-0.3, -0.25) is 4.79 Å². The normalized spacial score (nSPS) is 16.6. The lowest BCUT2D eigenvalue weighted by Gasteiger charge is -2.06. The Morgan fingerprint density at radius 2 is 1.88 bits per heavy atom. The summed E-state index contributed by atoms with van der Waals surface area (Å²) in [4.78, 5) is 21.5. The summed E-state index contributed by atoms with van der Waals surface area (Å²) in [6.45, 7) is -1.90. The lowest BCUT2D eigenvalue weighted by atomic mass is 10.4. The van der Waals surface area contributed by atoms with Gasteiger partial charge in [-0.15, -0.1) is 0 Å². The van der Waals surface area contributed by atoms with Crippen molar-refractivity contribution in [2.24, 2.45) is 5.92 Å². The molecule has 0 radical (unpaired) electrons. The molecule has 0 amide bonds. The smallest absolute Gasteiger partial charge is 0.422 e. The Balaban J connectivity index is 2.34. The third-order valence-corrected chi connectivity index (χ3v) is 1.75. The van der Waals surface area contributed by atoms with Crippen LogP contribution in [0.1, 0.15) is 12.8 Å². The quantitative estimate of drug-likeness (QED) is 0.333. The van der Waals surface area contributed by atoms with Crippen LogP contribution < -0.4 is 0 Å². The van der Waals surface area contributed by atoms with E-state index in [2.05, 4.69) is 9.47 Å². The van der Waals surface area contributed by atoms with Gasteiger partial charge in [0.15, 0.2) is 6.61 Å². The molecule has 0 atom stereocenters. The van der Waals surface area contributed by atoms with E-state index in [4.69, 9.17) is 0 Å². The number of alkyl halides is 3. The van der Waals surface area contributed by atoms with Crippen molar-refractivity contribution in [2.75, 3.05) is 6.61 Å². The van der Waals surface area contributed by atoms with Gasteiger partial charge in [-0.2, -0.15) is 17.6 Å². The topological polar surface area (TPSA) is 52.6 Å². The van der Waals surface area contributed by atoms with Gasteiger partial charge in [0.25, 0.3) is 0 Å². The molecule has 1 aliphatic rings. The second-order valence-corrected chi connectivity index (χ2v) is 3.37. The molecule has 8 heteroatoms. The molecule has 1 aliphatic carbocycles. The average molecular weight is 256 g/mol. The van der Waals surface area contributed by atoms with E-state index in [1.807, 2.05) is 0 Å². The number of esters is 2. The molecule has 0 aromatic carbocycles. The first-order valence-corrected chi connectivity index (χ1v) is 4.59. The molecular formula is C9H8F4O4. The summed E-state index contributed by atoms with van der Waals surface area (Å²) in [7, 11) is 0. The van der Waals surface area contributed by atoms with E-state index in [1.54, 1.807) is 0 Å². The lowest BCUT2D eigenvalue weighted by molar-refractivity contribution is -0.184. The molecule has 1 saturated carbocycles. The molecule has 0 aromatic rings. The number of ether oxygens (including phenoxy) is 2. The second kappa shape index (κ2) is 5.15. The maximum absolute atomic E-state index is 12.8. The van der Waals surface area contributed by atoms with Crippen molar-refractivity contribution in [3.63, 3.8) is 0 Å². The van der Waals surface area contributed by atoms with Gasteiger partial charge < -0.3 is 9.47 Å². The van der Waals surface area contributed by atoms with Gasteiger partial charge in [-0.25, -0.2) is 4.79 Å². The van der Waals surface area contributed by atoms with Gasteiger partial charge in [0, 0.05) is 0 Å². The summed E-state index contributed by atoms with van der Waals surface area (Å²) in [6.07, 6.45) is -3.35. The monoisotopic (exact) mass is 256 g/mol. The van der Waals surface area contributed by atoms with Crippen LogP contribution in [-0.4, -0.2) is 24.7 Å². The van der Waals surface area contributed by atoms with Gasteiger partial charge in [0.2, 0.25) is 5.83 Å². The van der Waals surface area contributed by atoms with Crippen molar-refractivity contribution in [1.29, 1.82) is 0 Å². The maximum Gasteiger partial charge on any atom is 0.422 e. The Labute approximate surface area is 93.2 Å². The molecule has 0 saturated heterocycles. The molecule has 0 unspecified atom stereocenters. The van der Waals surface area contributed by atoms with Crippen LogP contribution in [0.4, 0.5) is 17.6 Å². The van der Waals surface area contributed by atoms with E-state index in [-0.39, 0.29) is 12.2 Å². The van der Waals surface area contributed by atoms with E-state index in [0.29, 0.717) is 12.8 Å². The number of carbonyl (C=O) groups is 2. The number of hydrogen-bond donors (Lipinski definition) is 0. The van der Waals surface area contributed by atoms with Gasteiger partial charge >= 0.3 is 18.1 Å². The minimum atomic E-state index is -4.74. The summed E-state index contributed by atoms with van der Waals surface area (Å²) in [6, 6.07) is 0. The van der Waals surface area contributed by atoms with Crippen LogP contribution in [0.15, 0.2) is 12.1 Å². The maximum atomic E-state index is 12.8. The van der Waals surface area contributed by atoms with Crippen molar-refractivity contribution in [1.82, 2.24) is 0 Å². The van der Waals surface area contributed by atoms with Crippen LogP contribution in [0.5, 0.6) is 0 Å². The Kier molecular flexibility index (Phi) is 4.08. The molecule has 0 N–H and O–H groups in total. The average Bonchev–Trinajstić information content (AvgIpc) is 3.04. The minimum absolute atomic E-state index is 0.152. The third kappa shape index (κ3) is 5.32. The fourth-order valence-corrected chi connectivity index (χ4v) is 0.790. The Morgan fingerprint density at radius 1 is 1.29 bits per heavy atom. The van der Waals surface area contributed by atoms with Crippen molar-refractivity contribution in [3.8, 4) is 0 Å². The first kappa shape index (κ1) is 13.5.